The molecule has 0 spiro atoms. The molecule has 0 aliphatic heterocycles. The summed E-state index contributed by atoms with van der Waals surface area (Å²) in [6, 6.07) is 0.175. The normalized spacial score (nSPS) is 13.9. The molecule has 1 atom stereocenters. The third-order valence-electron chi connectivity index (χ3n) is 1.73. The summed E-state index contributed by atoms with van der Waals surface area (Å²) >= 11 is 0. The summed E-state index contributed by atoms with van der Waals surface area (Å²) in [6.45, 7) is 9.60. The van der Waals surface area contributed by atoms with Gasteiger partial charge in [0.05, 0.1) is 13.2 Å². The SMILES string of the molecule is C=C(C)COCCNC(C)CC(N)=NO. The second kappa shape index (κ2) is 8.26. The van der Waals surface area contributed by atoms with Crippen LogP contribution in [0.25, 0.3) is 0 Å². The average Bonchev–Trinajstić information content (AvgIpc) is 2.16. The number of nitrogens with two attached hydrogens (primary N) is 1. The van der Waals surface area contributed by atoms with Gasteiger partial charge in [-0.3, -0.25) is 0 Å². The Hall–Kier alpha value is -1.07. The van der Waals surface area contributed by atoms with E-state index in [4.69, 9.17) is 15.7 Å². The number of ether oxygens (including phenoxy) is 1. The van der Waals surface area contributed by atoms with Gasteiger partial charge in [0.15, 0.2) is 0 Å². The number of hydrogen-bond acceptors (Lipinski definition) is 4. The first kappa shape index (κ1) is 13.9. The molecule has 0 aromatic rings. The van der Waals surface area contributed by atoms with Gasteiger partial charge >= 0.3 is 0 Å². The molecule has 0 aromatic carbocycles. The van der Waals surface area contributed by atoms with Crippen LogP contribution < -0.4 is 11.1 Å². The molecule has 0 aromatic heterocycles. The van der Waals surface area contributed by atoms with Gasteiger partial charge < -0.3 is 21.0 Å². The lowest BCUT2D eigenvalue weighted by atomic mass is 10.2. The molecule has 0 bridgehead atoms. The van der Waals surface area contributed by atoms with Gasteiger partial charge in [-0.05, 0) is 13.8 Å². The van der Waals surface area contributed by atoms with Crippen molar-refractivity contribution in [3.05, 3.63) is 12.2 Å². The van der Waals surface area contributed by atoms with Gasteiger partial charge in [0, 0.05) is 19.0 Å². The van der Waals surface area contributed by atoms with Gasteiger partial charge in [0.2, 0.25) is 0 Å². The molecule has 0 aliphatic rings. The largest absolute Gasteiger partial charge is 0.409 e. The average molecular weight is 215 g/mol. The Bertz CT molecular complexity index is 217. The van der Waals surface area contributed by atoms with E-state index < -0.39 is 0 Å². The summed E-state index contributed by atoms with van der Waals surface area (Å²) < 4.78 is 5.30. The van der Waals surface area contributed by atoms with Crippen molar-refractivity contribution in [3.8, 4) is 0 Å². The van der Waals surface area contributed by atoms with Gasteiger partial charge in [-0.1, -0.05) is 17.3 Å². The first-order valence-corrected chi connectivity index (χ1v) is 4.98. The number of rotatable bonds is 8. The molecule has 5 nitrogen and oxygen atoms in total. The summed E-state index contributed by atoms with van der Waals surface area (Å²) in [7, 11) is 0. The van der Waals surface area contributed by atoms with Crippen molar-refractivity contribution in [3.63, 3.8) is 0 Å². The van der Waals surface area contributed by atoms with Gasteiger partial charge in [0.1, 0.15) is 5.84 Å². The third kappa shape index (κ3) is 9.24. The third-order valence-corrected chi connectivity index (χ3v) is 1.73. The van der Waals surface area contributed by atoms with Crippen molar-refractivity contribution >= 4 is 5.84 Å². The number of nitrogens with one attached hydrogen (secondary N) is 1. The summed E-state index contributed by atoms with van der Waals surface area (Å²) in [5.74, 6) is 0.234. The minimum atomic E-state index is 0.175. The lowest BCUT2D eigenvalue weighted by Crippen LogP contribution is -2.33. The van der Waals surface area contributed by atoms with Crippen LogP contribution in [0.15, 0.2) is 17.3 Å². The second-order valence-corrected chi connectivity index (χ2v) is 3.66. The molecule has 88 valence electrons. The molecule has 0 rings (SSSR count). The Morgan fingerprint density at radius 2 is 2.33 bits per heavy atom. The van der Waals surface area contributed by atoms with E-state index >= 15 is 0 Å². The maximum absolute atomic E-state index is 8.36. The van der Waals surface area contributed by atoms with Crippen LogP contribution in [0.4, 0.5) is 0 Å². The van der Waals surface area contributed by atoms with E-state index in [0.29, 0.717) is 19.6 Å². The van der Waals surface area contributed by atoms with Crippen LogP contribution in [0.2, 0.25) is 0 Å². The predicted molar refractivity (Wildman–Crippen MR) is 61.1 cm³/mol. The number of oxime groups is 1. The highest BCUT2D eigenvalue weighted by Crippen LogP contribution is 1.91. The number of amidine groups is 1. The Balaban J connectivity index is 3.39. The Kier molecular flexibility index (Phi) is 7.67. The van der Waals surface area contributed by atoms with Gasteiger partial charge in [-0.25, -0.2) is 0 Å². The van der Waals surface area contributed by atoms with Gasteiger partial charge in [0.25, 0.3) is 0 Å². The zero-order chi connectivity index (χ0) is 11.7. The fraction of sp³-hybridized carbons (Fsp3) is 0.700. The molecule has 1 unspecified atom stereocenters. The topological polar surface area (TPSA) is 79.9 Å². The van der Waals surface area contributed by atoms with Crippen LogP contribution in [0.1, 0.15) is 20.3 Å². The van der Waals surface area contributed by atoms with Crippen molar-refractivity contribution in [1.82, 2.24) is 5.32 Å². The molecule has 0 amide bonds. The highest BCUT2D eigenvalue weighted by atomic mass is 16.5. The van der Waals surface area contributed by atoms with E-state index in [0.717, 1.165) is 12.1 Å². The van der Waals surface area contributed by atoms with Crippen LogP contribution in [-0.4, -0.2) is 36.8 Å². The molecule has 0 fully saturated rings. The highest BCUT2D eigenvalue weighted by molar-refractivity contribution is 5.80. The van der Waals surface area contributed by atoms with Crippen molar-refractivity contribution < 1.29 is 9.94 Å². The minimum Gasteiger partial charge on any atom is -0.409 e. The molecule has 0 heterocycles. The Morgan fingerprint density at radius 3 is 2.87 bits per heavy atom. The van der Waals surface area contributed by atoms with E-state index in [1.54, 1.807) is 0 Å². The molecular weight excluding hydrogens is 194 g/mol. The molecule has 0 aliphatic carbocycles. The lowest BCUT2D eigenvalue weighted by molar-refractivity contribution is 0.156. The van der Waals surface area contributed by atoms with Gasteiger partial charge in [-0.2, -0.15) is 0 Å². The van der Waals surface area contributed by atoms with Crippen LogP contribution in [-0.2, 0) is 4.74 Å². The number of hydrogen-bond donors (Lipinski definition) is 3. The molecule has 0 saturated carbocycles. The fourth-order valence-corrected chi connectivity index (χ4v) is 1.05. The summed E-state index contributed by atoms with van der Waals surface area (Å²) in [5, 5.41) is 14.5. The van der Waals surface area contributed by atoms with E-state index in [1.807, 2.05) is 13.8 Å². The maximum atomic E-state index is 8.36. The van der Waals surface area contributed by atoms with Crippen molar-refractivity contribution in [2.24, 2.45) is 10.9 Å². The standard InChI is InChI=1S/C10H21N3O2/c1-8(2)7-15-5-4-12-9(3)6-10(11)13-14/h9,12,14H,1,4-7H2,2-3H3,(H2,11,13). The van der Waals surface area contributed by atoms with Crippen molar-refractivity contribution in [2.45, 2.75) is 26.3 Å². The van der Waals surface area contributed by atoms with Crippen LogP contribution in [0, 0.1) is 0 Å². The highest BCUT2D eigenvalue weighted by Gasteiger charge is 2.03. The smallest absolute Gasteiger partial charge is 0.140 e. The minimum absolute atomic E-state index is 0.175. The Morgan fingerprint density at radius 1 is 1.67 bits per heavy atom. The first-order valence-electron chi connectivity index (χ1n) is 4.98. The van der Waals surface area contributed by atoms with Crippen LogP contribution >= 0.6 is 0 Å². The molecular formula is C10H21N3O2. The van der Waals surface area contributed by atoms with Gasteiger partial charge in [-0.15, -0.1) is 0 Å². The summed E-state index contributed by atoms with van der Waals surface area (Å²) in [6.07, 6.45) is 0.525. The lowest BCUT2D eigenvalue weighted by Gasteiger charge is -2.12. The summed E-state index contributed by atoms with van der Waals surface area (Å²) in [4.78, 5) is 0. The molecule has 15 heavy (non-hydrogen) atoms. The Labute approximate surface area is 91.0 Å². The monoisotopic (exact) mass is 215 g/mol. The molecule has 0 saturated heterocycles. The first-order chi connectivity index (χ1) is 7.06. The maximum Gasteiger partial charge on any atom is 0.140 e. The molecule has 5 heteroatoms. The van der Waals surface area contributed by atoms with Crippen LogP contribution in [0.5, 0.6) is 0 Å². The number of nitrogens with zero attached hydrogens (tertiary/aromatic N) is 1. The second-order valence-electron chi connectivity index (χ2n) is 3.66. The van der Waals surface area contributed by atoms with Crippen LogP contribution in [0.3, 0.4) is 0 Å². The summed E-state index contributed by atoms with van der Waals surface area (Å²) in [5.41, 5.74) is 6.37. The zero-order valence-corrected chi connectivity index (χ0v) is 9.49. The zero-order valence-electron chi connectivity index (χ0n) is 9.49. The molecule has 0 radical (unpaired) electrons. The van der Waals surface area contributed by atoms with E-state index in [2.05, 4.69) is 17.1 Å². The van der Waals surface area contributed by atoms with E-state index in [9.17, 15) is 0 Å². The molecule has 4 N–H and O–H groups in total. The van der Waals surface area contributed by atoms with Crippen molar-refractivity contribution in [1.29, 1.82) is 0 Å². The predicted octanol–water partition coefficient (Wildman–Crippen LogP) is 0.694. The van der Waals surface area contributed by atoms with E-state index in [-0.39, 0.29) is 11.9 Å². The quantitative estimate of drug-likeness (QED) is 0.139. The fourth-order valence-electron chi connectivity index (χ4n) is 1.05. The van der Waals surface area contributed by atoms with Crippen molar-refractivity contribution in [2.75, 3.05) is 19.8 Å². The van der Waals surface area contributed by atoms with E-state index in [1.165, 1.54) is 0 Å².